The summed E-state index contributed by atoms with van der Waals surface area (Å²) in [5.41, 5.74) is 6.12. The van der Waals surface area contributed by atoms with Crippen LogP contribution in [0.2, 0.25) is 5.02 Å². The van der Waals surface area contributed by atoms with Crippen molar-refractivity contribution < 1.29 is 8.78 Å². The molecule has 0 fully saturated rings. The molecule has 2 rings (SSSR count). The second-order valence-corrected chi connectivity index (χ2v) is 4.88. The molecule has 0 unspecified atom stereocenters. The molecule has 0 atom stereocenters. The normalized spacial score (nSPS) is 10.5. The second kappa shape index (κ2) is 4.94. The van der Waals surface area contributed by atoms with Crippen molar-refractivity contribution in [3.05, 3.63) is 53.1 Å². The van der Waals surface area contributed by atoms with Crippen molar-refractivity contribution in [2.24, 2.45) is 0 Å². The summed E-state index contributed by atoms with van der Waals surface area (Å²) in [4.78, 5) is 1.33. The Labute approximate surface area is 107 Å². The van der Waals surface area contributed by atoms with E-state index in [2.05, 4.69) is 0 Å². The lowest BCUT2D eigenvalue weighted by Gasteiger charge is -2.06. The lowest BCUT2D eigenvalue weighted by atomic mass is 10.3. The largest absolute Gasteiger partial charge is 0.398 e. The Morgan fingerprint density at radius 1 is 1.06 bits per heavy atom. The molecule has 1 nitrogen and oxygen atoms in total. The molecular formula is C12H8ClF2NS. The van der Waals surface area contributed by atoms with E-state index in [-0.39, 0.29) is 10.8 Å². The quantitative estimate of drug-likeness (QED) is 0.822. The van der Waals surface area contributed by atoms with Crippen LogP contribution in [0.5, 0.6) is 0 Å². The fourth-order valence-corrected chi connectivity index (χ4v) is 2.30. The SMILES string of the molecule is Nc1cc(Cl)c(F)cc1Sc1ccc(F)cc1. The van der Waals surface area contributed by atoms with Gasteiger partial charge in [0.1, 0.15) is 11.6 Å². The van der Waals surface area contributed by atoms with Crippen molar-refractivity contribution in [2.75, 3.05) is 5.73 Å². The molecule has 2 N–H and O–H groups in total. The Bertz CT molecular complexity index is 543. The number of rotatable bonds is 2. The first-order valence-electron chi connectivity index (χ1n) is 4.74. The van der Waals surface area contributed by atoms with E-state index in [1.54, 1.807) is 12.1 Å². The summed E-state index contributed by atoms with van der Waals surface area (Å²) < 4.78 is 26.0. The van der Waals surface area contributed by atoms with Gasteiger partial charge in [-0.2, -0.15) is 0 Å². The van der Waals surface area contributed by atoms with Crippen LogP contribution < -0.4 is 5.73 Å². The standard InChI is InChI=1S/C12H8ClF2NS/c13-9-5-11(16)12(6-10(9)15)17-8-3-1-7(14)2-4-8/h1-6H,16H2. The van der Waals surface area contributed by atoms with E-state index < -0.39 is 5.82 Å². The van der Waals surface area contributed by atoms with Gasteiger partial charge in [0, 0.05) is 15.5 Å². The third-order valence-corrected chi connectivity index (χ3v) is 3.47. The smallest absolute Gasteiger partial charge is 0.143 e. The maximum atomic E-state index is 13.3. The third kappa shape index (κ3) is 2.90. The maximum Gasteiger partial charge on any atom is 0.143 e. The van der Waals surface area contributed by atoms with Crippen molar-refractivity contribution in [1.29, 1.82) is 0 Å². The Kier molecular flexibility index (Phi) is 3.54. The molecule has 0 aliphatic carbocycles. The molecule has 0 heterocycles. The number of hydrogen-bond donors (Lipinski definition) is 1. The van der Waals surface area contributed by atoms with Gasteiger partial charge in [-0.1, -0.05) is 23.4 Å². The monoisotopic (exact) mass is 271 g/mol. The number of hydrogen-bond acceptors (Lipinski definition) is 2. The predicted octanol–water partition coefficient (Wildman–Crippen LogP) is 4.35. The van der Waals surface area contributed by atoms with Crippen molar-refractivity contribution in [1.82, 2.24) is 0 Å². The van der Waals surface area contributed by atoms with Gasteiger partial charge in [0.15, 0.2) is 0 Å². The maximum absolute atomic E-state index is 13.3. The van der Waals surface area contributed by atoms with Gasteiger partial charge in [-0.15, -0.1) is 0 Å². The van der Waals surface area contributed by atoms with Gasteiger partial charge in [-0.05, 0) is 36.4 Å². The lowest BCUT2D eigenvalue weighted by molar-refractivity contribution is 0.624. The molecule has 2 aromatic carbocycles. The molecule has 0 amide bonds. The van der Waals surface area contributed by atoms with Gasteiger partial charge in [-0.3, -0.25) is 0 Å². The van der Waals surface area contributed by atoms with Gasteiger partial charge in [0.05, 0.1) is 5.02 Å². The molecule has 0 aromatic heterocycles. The molecule has 0 aliphatic rings. The van der Waals surface area contributed by atoms with E-state index in [0.717, 1.165) is 4.90 Å². The van der Waals surface area contributed by atoms with Crippen molar-refractivity contribution in [3.8, 4) is 0 Å². The molecule has 2 aromatic rings. The van der Waals surface area contributed by atoms with Crippen LogP contribution in [-0.4, -0.2) is 0 Å². The van der Waals surface area contributed by atoms with Gasteiger partial charge in [0.25, 0.3) is 0 Å². The minimum Gasteiger partial charge on any atom is -0.398 e. The molecule has 0 radical (unpaired) electrons. The Morgan fingerprint density at radius 3 is 2.35 bits per heavy atom. The van der Waals surface area contributed by atoms with E-state index in [9.17, 15) is 8.78 Å². The second-order valence-electron chi connectivity index (χ2n) is 3.36. The van der Waals surface area contributed by atoms with Crippen LogP contribution in [0.3, 0.4) is 0 Å². The van der Waals surface area contributed by atoms with Crippen LogP contribution >= 0.6 is 23.4 Å². The zero-order valence-electron chi connectivity index (χ0n) is 8.58. The summed E-state index contributed by atoms with van der Waals surface area (Å²) in [7, 11) is 0. The molecule has 5 heteroatoms. The summed E-state index contributed by atoms with van der Waals surface area (Å²) >= 11 is 6.85. The number of benzene rings is 2. The average Bonchev–Trinajstić information content (AvgIpc) is 2.29. The number of halogens is 3. The minimum absolute atomic E-state index is 0.00837. The summed E-state index contributed by atoms with van der Waals surface area (Å²) in [6.07, 6.45) is 0. The summed E-state index contributed by atoms with van der Waals surface area (Å²) in [5.74, 6) is -0.838. The Balaban J connectivity index is 2.30. The van der Waals surface area contributed by atoms with Crippen LogP contribution in [0.15, 0.2) is 46.2 Å². The highest BCUT2D eigenvalue weighted by atomic mass is 35.5. The van der Waals surface area contributed by atoms with E-state index >= 15 is 0 Å². The lowest BCUT2D eigenvalue weighted by Crippen LogP contribution is -1.90. The predicted molar refractivity (Wildman–Crippen MR) is 66.3 cm³/mol. The molecule has 0 saturated heterocycles. The number of nitrogen functional groups attached to an aromatic ring is 1. The van der Waals surface area contributed by atoms with E-state index in [1.807, 2.05) is 0 Å². The molecule has 0 saturated carbocycles. The molecule has 0 aliphatic heterocycles. The fraction of sp³-hybridized carbons (Fsp3) is 0. The van der Waals surface area contributed by atoms with Crippen LogP contribution in [0, 0.1) is 11.6 Å². The highest BCUT2D eigenvalue weighted by Crippen LogP contribution is 2.34. The van der Waals surface area contributed by atoms with Gasteiger partial charge in [-0.25, -0.2) is 8.78 Å². The first-order chi connectivity index (χ1) is 8.06. The summed E-state index contributed by atoms with van der Waals surface area (Å²) in [6, 6.07) is 8.52. The Hall–Kier alpha value is -1.26. The number of anilines is 1. The summed E-state index contributed by atoms with van der Waals surface area (Å²) in [6.45, 7) is 0. The van der Waals surface area contributed by atoms with E-state index in [4.69, 9.17) is 17.3 Å². The highest BCUT2D eigenvalue weighted by molar-refractivity contribution is 7.99. The van der Waals surface area contributed by atoms with E-state index in [0.29, 0.717) is 10.6 Å². The Morgan fingerprint density at radius 2 is 1.71 bits per heavy atom. The average molecular weight is 272 g/mol. The minimum atomic E-state index is -0.523. The number of nitrogens with two attached hydrogens (primary N) is 1. The van der Waals surface area contributed by atoms with Crippen LogP contribution in [0.1, 0.15) is 0 Å². The zero-order chi connectivity index (χ0) is 12.4. The van der Waals surface area contributed by atoms with Gasteiger partial charge >= 0.3 is 0 Å². The molecule has 17 heavy (non-hydrogen) atoms. The fourth-order valence-electron chi connectivity index (χ4n) is 1.26. The molecule has 0 bridgehead atoms. The summed E-state index contributed by atoms with van der Waals surface area (Å²) in [5, 5.41) is -0.00837. The van der Waals surface area contributed by atoms with Gasteiger partial charge in [0.2, 0.25) is 0 Å². The van der Waals surface area contributed by atoms with Crippen LogP contribution in [0.4, 0.5) is 14.5 Å². The van der Waals surface area contributed by atoms with Crippen molar-refractivity contribution in [2.45, 2.75) is 9.79 Å². The first-order valence-corrected chi connectivity index (χ1v) is 5.93. The third-order valence-electron chi connectivity index (χ3n) is 2.09. The van der Waals surface area contributed by atoms with Crippen LogP contribution in [-0.2, 0) is 0 Å². The van der Waals surface area contributed by atoms with E-state index in [1.165, 1.54) is 36.0 Å². The first kappa shape index (κ1) is 12.2. The van der Waals surface area contributed by atoms with Gasteiger partial charge < -0.3 is 5.73 Å². The van der Waals surface area contributed by atoms with Crippen LogP contribution in [0.25, 0.3) is 0 Å². The van der Waals surface area contributed by atoms with Crippen molar-refractivity contribution in [3.63, 3.8) is 0 Å². The topological polar surface area (TPSA) is 26.0 Å². The molecule has 88 valence electrons. The zero-order valence-corrected chi connectivity index (χ0v) is 10.2. The molecular weight excluding hydrogens is 264 g/mol. The van der Waals surface area contributed by atoms with Crippen molar-refractivity contribution >= 4 is 29.1 Å². The molecule has 0 spiro atoms. The highest BCUT2D eigenvalue weighted by Gasteiger charge is 2.07.